The number of aromatic amines is 1. The van der Waals surface area contributed by atoms with Crippen molar-refractivity contribution < 1.29 is 19.1 Å². The summed E-state index contributed by atoms with van der Waals surface area (Å²) < 4.78 is 13.0. The highest BCUT2D eigenvalue weighted by Crippen LogP contribution is 2.30. The molecule has 126 valence electrons. The van der Waals surface area contributed by atoms with Gasteiger partial charge in [-0.15, -0.1) is 0 Å². The summed E-state index contributed by atoms with van der Waals surface area (Å²) in [5, 5.41) is 16.1. The Bertz CT molecular complexity index is 772. The Kier molecular flexibility index (Phi) is 4.09. The van der Waals surface area contributed by atoms with Crippen molar-refractivity contribution >= 4 is 11.9 Å². The van der Waals surface area contributed by atoms with Crippen LogP contribution in [0, 0.1) is 11.2 Å². The second-order valence-electron chi connectivity index (χ2n) is 6.37. The van der Waals surface area contributed by atoms with Crippen molar-refractivity contribution in [2.24, 2.45) is 5.41 Å². The summed E-state index contributed by atoms with van der Waals surface area (Å²) in [7, 11) is 0. The minimum Gasteiger partial charge on any atom is -0.481 e. The average Bonchev–Trinajstić information content (AvgIpc) is 3.04. The third kappa shape index (κ3) is 3.02. The number of aromatic nitrogens is 2. The van der Waals surface area contributed by atoms with Crippen LogP contribution in [-0.4, -0.2) is 45.2 Å². The maximum Gasteiger partial charge on any atom is 0.311 e. The van der Waals surface area contributed by atoms with Gasteiger partial charge >= 0.3 is 5.97 Å². The molecule has 1 atom stereocenters. The summed E-state index contributed by atoms with van der Waals surface area (Å²) in [6.45, 7) is 2.35. The van der Waals surface area contributed by atoms with Crippen molar-refractivity contribution in [3.63, 3.8) is 0 Å². The van der Waals surface area contributed by atoms with Crippen LogP contribution in [-0.2, 0) is 4.79 Å². The predicted molar refractivity (Wildman–Crippen MR) is 84.9 cm³/mol. The summed E-state index contributed by atoms with van der Waals surface area (Å²) in [5.74, 6) is -1.51. The Morgan fingerprint density at radius 1 is 1.33 bits per heavy atom. The van der Waals surface area contributed by atoms with Crippen molar-refractivity contribution in [3.8, 4) is 11.3 Å². The molecule has 0 radical (unpaired) electrons. The summed E-state index contributed by atoms with van der Waals surface area (Å²) in [6, 6.07) is 7.43. The second-order valence-corrected chi connectivity index (χ2v) is 6.37. The van der Waals surface area contributed by atoms with E-state index in [1.165, 1.54) is 12.1 Å². The topological polar surface area (TPSA) is 86.3 Å². The standard InChI is InChI=1S/C17H18FN3O3/c1-17(16(23)24)7-2-8-21(10-17)15(22)14-9-13(19-20-14)11-3-5-12(18)6-4-11/h3-6,9H,2,7-8,10H2,1H3,(H,19,20)(H,23,24). The first-order chi connectivity index (χ1) is 11.4. The third-order valence-corrected chi connectivity index (χ3v) is 4.45. The van der Waals surface area contributed by atoms with Gasteiger partial charge in [0.15, 0.2) is 0 Å². The van der Waals surface area contributed by atoms with E-state index in [0.717, 1.165) is 0 Å². The van der Waals surface area contributed by atoms with E-state index in [0.29, 0.717) is 36.3 Å². The summed E-state index contributed by atoms with van der Waals surface area (Å²) >= 11 is 0. The van der Waals surface area contributed by atoms with Crippen LogP contribution >= 0.6 is 0 Å². The smallest absolute Gasteiger partial charge is 0.311 e. The lowest BCUT2D eigenvalue weighted by atomic mass is 9.82. The molecule has 1 aliphatic rings. The van der Waals surface area contributed by atoms with Crippen molar-refractivity contribution in [2.45, 2.75) is 19.8 Å². The Morgan fingerprint density at radius 2 is 2.04 bits per heavy atom. The normalized spacial score (nSPS) is 20.8. The molecule has 24 heavy (non-hydrogen) atoms. The Hall–Kier alpha value is -2.70. The SMILES string of the molecule is CC1(C(=O)O)CCCN(C(=O)c2cc(-c3ccc(F)cc3)n[nH]2)C1. The number of carboxylic acid groups (broad SMARTS) is 1. The molecular formula is C17H18FN3O3. The molecule has 0 saturated carbocycles. The van der Waals surface area contributed by atoms with Gasteiger partial charge in [0.25, 0.3) is 5.91 Å². The number of carbonyl (C=O) groups excluding carboxylic acids is 1. The number of hydrogen-bond donors (Lipinski definition) is 2. The van der Waals surface area contributed by atoms with Crippen molar-refractivity contribution in [1.29, 1.82) is 0 Å². The van der Waals surface area contributed by atoms with E-state index in [1.807, 2.05) is 0 Å². The van der Waals surface area contributed by atoms with E-state index in [9.17, 15) is 19.1 Å². The zero-order valence-corrected chi connectivity index (χ0v) is 13.3. The fourth-order valence-electron chi connectivity index (χ4n) is 2.96. The van der Waals surface area contributed by atoms with E-state index in [-0.39, 0.29) is 18.3 Å². The van der Waals surface area contributed by atoms with Crippen LogP contribution in [0.2, 0.25) is 0 Å². The quantitative estimate of drug-likeness (QED) is 0.905. The molecule has 2 N–H and O–H groups in total. The summed E-state index contributed by atoms with van der Waals surface area (Å²) in [4.78, 5) is 25.6. The van der Waals surface area contributed by atoms with Gasteiger partial charge in [0.05, 0.1) is 11.1 Å². The molecule has 1 unspecified atom stereocenters. The highest BCUT2D eigenvalue weighted by Gasteiger charge is 2.39. The average molecular weight is 331 g/mol. The largest absolute Gasteiger partial charge is 0.481 e. The molecule has 1 aromatic heterocycles. The first kappa shape index (κ1) is 16.2. The Morgan fingerprint density at radius 3 is 2.71 bits per heavy atom. The van der Waals surface area contributed by atoms with Crippen molar-refractivity contribution in [3.05, 3.63) is 41.8 Å². The van der Waals surface area contributed by atoms with Gasteiger partial charge in [-0.1, -0.05) is 0 Å². The fourth-order valence-corrected chi connectivity index (χ4v) is 2.96. The molecule has 1 aromatic carbocycles. The van der Waals surface area contributed by atoms with Crippen LogP contribution < -0.4 is 0 Å². The Balaban J connectivity index is 1.78. The number of rotatable bonds is 3. The number of nitrogens with one attached hydrogen (secondary N) is 1. The number of halogens is 1. The number of H-pyrrole nitrogens is 1. The van der Waals surface area contributed by atoms with E-state index >= 15 is 0 Å². The number of carbonyl (C=O) groups is 2. The third-order valence-electron chi connectivity index (χ3n) is 4.45. The van der Waals surface area contributed by atoms with Gasteiger partial charge in [-0.2, -0.15) is 5.10 Å². The molecule has 2 aromatic rings. The van der Waals surface area contributed by atoms with Crippen LogP contribution in [0.15, 0.2) is 30.3 Å². The molecule has 6 nitrogen and oxygen atoms in total. The lowest BCUT2D eigenvalue weighted by molar-refractivity contribution is -0.150. The van der Waals surface area contributed by atoms with Gasteiger partial charge in [0.1, 0.15) is 11.5 Å². The molecule has 1 aliphatic heterocycles. The maximum atomic E-state index is 13.0. The monoisotopic (exact) mass is 331 g/mol. The minimum atomic E-state index is -0.923. The van der Waals surface area contributed by atoms with E-state index in [4.69, 9.17) is 0 Å². The number of benzene rings is 1. The molecule has 3 rings (SSSR count). The minimum absolute atomic E-state index is 0.173. The number of carboxylic acids is 1. The number of likely N-dealkylation sites (tertiary alicyclic amines) is 1. The molecule has 1 fully saturated rings. The predicted octanol–water partition coefficient (Wildman–Crippen LogP) is 2.54. The first-order valence-corrected chi connectivity index (χ1v) is 7.73. The summed E-state index contributed by atoms with van der Waals surface area (Å²) in [5.41, 5.74) is 0.606. The Labute approximate surface area is 138 Å². The van der Waals surface area contributed by atoms with Crippen LogP contribution in [0.5, 0.6) is 0 Å². The van der Waals surface area contributed by atoms with Gasteiger partial charge in [-0.25, -0.2) is 4.39 Å². The fraction of sp³-hybridized carbons (Fsp3) is 0.353. The van der Waals surface area contributed by atoms with Crippen LogP contribution in [0.3, 0.4) is 0 Å². The molecule has 0 bridgehead atoms. The molecule has 7 heteroatoms. The highest BCUT2D eigenvalue weighted by atomic mass is 19.1. The lowest BCUT2D eigenvalue weighted by Crippen LogP contribution is -2.48. The van der Waals surface area contributed by atoms with Crippen molar-refractivity contribution in [1.82, 2.24) is 15.1 Å². The number of hydrogen-bond acceptors (Lipinski definition) is 3. The number of piperidine rings is 1. The zero-order chi connectivity index (χ0) is 17.3. The van der Waals surface area contributed by atoms with Crippen LogP contribution in [0.25, 0.3) is 11.3 Å². The van der Waals surface area contributed by atoms with Gasteiger partial charge < -0.3 is 10.0 Å². The van der Waals surface area contributed by atoms with Crippen LogP contribution in [0.1, 0.15) is 30.3 Å². The van der Waals surface area contributed by atoms with E-state index in [1.54, 1.807) is 30.0 Å². The highest BCUT2D eigenvalue weighted by molar-refractivity contribution is 5.94. The molecule has 2 heterocycles. The number of aliphatic carboxylic acids is 1. The zero-order valence-electron chi connectivity index (χ0n) is 13.3. The molecule has 0 spiro atoms. The number of amides is 1. The van der Waals surface area contributed by atoms with Crippen LogP contribution in [0.4, 0.5) is 4.39 Å². The number of nitrogens with zero attached hydrogens (tertiary/aromatic N) is 2. The molecule has 1 amide bonds. The van der Waals surface area contributed by atoms with Gasteiger partial charge in [-0.05, 0) is 50.1 Å². The molecule has 0 aliphatic carbocycles. The first-order valence-electron chi connectivity index (χ1n) is 7.73. The second kappa shape index (κ2) is 6.07. The molecule has 1 saturated heterocycles. The molecular weight excluding hydrogens is 313 g/mol. The lowest BCUT2D eigenvalue weighted by Gasteiger charge is -2.37. The van der Waals surface area contributed by atoms with Gasteiger partial charge in [0.2, 0.25) is 0 Å². The van der Waals surface area contributed by atoms with Gasteiger partial charge in [0, 0.05) is 18.7 Å². The summed E-state index contributed by atoms with van der Waals surface area (Å²) in [6.07, 6.45) is 1.20. The van der Waals surface area contributed by atoms with E-state index in [2.05, 4.69) is 10.2 Å². The maximum absolute atomic E-state index is 13.0. The van der Waals surface area contributed by atoms with Gasteiger partial charge in [-0.3, -0.25) is 14.7 Å². The van der Waals surface area contributed by atoms with Crippen molar-refractivity contribution in [2.75, 3.05) is 13.1 Å². The van der Waals surface area contributed by atoms with E-state index < -0.39 is 11.4 Å².